The molecule has 5 nitrogen and oxygen atoms in total. The number of nitrogens with one attached hydrogen (secondary N) is 1. The minimum Gasteiger partial charge on any atom is -0.506 e. The van der Waals surface area contributed by atoms with Gasteiger partial charge in [0.25, 0.3) is 5.91 Å². The van der Waals surface area contributed by atoms with E-state index in [1.165, 1.54) is 4.90 Å². The molecule has 1 fully saturated rings. The maximum Gasteiger partial charge on any atom is 0.285 e. The van der Waals surface area contributed by atoms with Crippen LogP contribution in [0.3, 0.4) is 0 Å². The van der Waals surface area contributed by atoms with Crippen LogP contribution in [0.2, 0.25) is 0 Å². The van der Waals surface area contributed by atoms with E-state index in [1.807, 2.05) is 55.1 Å². The van der Waals surface area contributed by atoms with Gasteiger partial charge in [0.1, 0.15) is 5.75 Å². The van der Waals surface area contributed by atoms with Gasteiger partial charge in [-0.15, -0.1) is 0 Å². The second kappa shape index (κ2) is 8.91. The van der Waals surface area contributed by atoms with E-state index >= 15 is 0 Å². The molecule has 1 atom stereocenters. The summed E-state index contributed by atoms with van der Waals surface area (Å²) in [5.41, 5.74) is 1.96. The van der Waals surface area contributed by atoms with E-state index in [0.717, 1.165) is 50.5 Å². The standard InChI is InChI=1S/C22H29N3O2/c1-3-23(4-2)22(27)21(18-10-6-5-7-11-18)25-16-14-24(15-17-25)19-12-8-9-13-20(19)26/h5-13,21,26H,3-4,14-17H2,1-2H3/p+1/t21-/m1/s1. The van der Waals surface area contributed by atoms with E-state index in [4.69, 9.17) is 0 Å². The van der Waals surface area contributed by atoms with Gasteiger partial charge < -0.3 is 19.8 Å². The summed E-state index contributed by atoms with van der Waals surface area (Å²) in [6.45, 7) is 8.90. The lowest BCUT2D eigenvalue weighted by Gasteiger charge is -2.38. The van der Waals surface area contributed by atoms with Crippen molar-refractivity contribution in [2.24, 2.45) is 0 Å². The maximum atomic E-state index is 13.3. The zero-order valence-electron chi connectivity index (χ0n) is 16.3. The first kappa shape index (κ1) is 19.2. The predicted molar refractivity (Wildman–Crippen MR) is 108 cm³/mol. The van der Waals surface area contributed by atoms with Crippen LogP contribution >= 0.6 is 0 Å². The lowest BCUT2D eigenvalue weighted by atomic mass is 10.0. The van der Waals surface area contributed by atoms with Crippen LogP contribution in [0.4, 0.5) is 5.69 Å². The molecule has 1 aliphatic heterocycles. The number of hydrogen-bond donors (Lipinski definition) is 2. The fourth-order valence-corrected chi connectivity index (χ4v) is 3.97. The molecule has 1 saturated heterocycles. The summed E-state index contributed by atoms with van der Waals surface area (Å²) >= 11 is 0. The van der Waals surface area contributed by atoms with Crippen molar-refractivity contribution in [3.05, 3.63) is 60.2 Å². The molecular formula is C22H30N3O2+. The van der Waals surface area contributed by atoms with Crippen molar-refractivity contribution in [3.63, 3.8) is 0 Å². The smallest absolute Gasteiger partial charge is 0.285 e. The second-order valence-corrected chi connectivity index (χ2v) is 6.99. The molecule has 2 aromatic rings. The van der Waals surface area contributed by atoms with Crippen LogP contribution in [0.15, 0.2) is 54.6 Å². The number of quaternary nitrogens is 1. The number of rotatable bonds is 6. The number of phenols is 1. The van der Waals surface area contributed by atoms with Crippen LogP contribution < -0.4 is 9.80 Å². The third-order valence-corrected chi connectivity index (χ3v) is 5.49. The van der Waals surface area contributed by atoms with E-state index in [1.54, 1.807) is 6.07 Å². The first-order valence-electron chi connectivity index (χ1n) is 9.87. The van der Waals surface area contributed by atoms with Crippen molar-refractivity contribution in [3.8, 4) is 5.75 Å². The number of anilines is 1. The number of aromatic hydroxyl groups is 1. The molecule has 5 heteroatoms. The quantitative estimate of drug-likeness (QED) is 0.816. The molecular weight excluding hydrogens is 338 g/mol. The molecule has 144 valence electrons. The molecule has 1 heterocycles. The van der Waals surface area contributed by atoms with Crippen molar-refractivity contribution >= 4 is 11.6 Å². The Bertz CT molecular complexity index is 738. The number of nitrogens with zero attached hydrogens (tertiary/aromatic N) is 2. The average Bonchev–Trinajstić information content (AvgIpc) is 2.71. The van der Waals surface area contributed by atoms with Gasteiger partial charge in [-0.2, -0.15) is 0 Å². The zero-order chi connectivity index (χ0) is 19.2. The third-order valence-electron chi connectivity index (χ3n) is 5.49. The largest absolute Gasteiger partial charge is 0.506 e. The van der Waals surface area contributed by atoms with Crippen LogP contribution in [0, 0.1) is 0 Å². The van der Waals surface area contributed by atoms with Crippen LogP contribution in [0.5, 0.6) is 5.75 Å². The minimum absolute atomic E-state index is 0.169. The fourth-order valence-electron chi connectivity index (χ4n) is 3.97. The van der Waals surface area contributed by atoms with E-state index in [2.05, 4.69) is 17.0 Å². The number of carbonyl (C=O) groups excluding carboxylic acids is 1. The van der Waals surface area contributed by atoms with Crippen LogP contribution in [0.1, 0.15) is 25.5 Å². The van der Waals surface area contributed by atoms with E-state index < -0.39 is 0 Å². The third kappa shape index (κ3) is 4.25. The number of piperazine rings is 1. The van der Waals surface area contributed by atoms with Gasteiger partial charge in [0.2, 0.25) is 0 Å². The number of para-hydroxylation sites is 2. The molecule has 2 aromatic carbocycles. The summed E-state index contributed by atoms with van der Waals surface area (Å²) in [4.78, 5) is 18.7. The Hall–Kier alpha value is -2.53. The number of likely N-dealkylation sites (N-methyl/N-ethyl adjacent to an activating group) is 1. The highest BCUT2D eigenvalue weighted by Crippen LogP contribution is 2.26. The lowest BCUT2D eigenvalue weighted by Crippen LogP contribution is -3.16. The Balaban J connectivity index is 1.78. The number of hydrogen-bond acceptors (Lipinski definition) is 3. The minimum atomic E-state index is -0.169. The first-order valence-corrected chi connectivity index (χ1v) is 9.87. The van der Waals surface area contributed by atoms with Crippen molar-refractivity contribution < 1.29 is 14.8 Å². The topological polar surface area (TPSA) is 48.2 Å². The molecule has 27 heavy (non-hydrogen) atoms. The van der Waals surface area contributed by atoms with Gasteiger partial charge in [-0.25, -0.2) is 0 Å². The van der Waals surface area contributed by atoms with E-state index in [-0.39, 0.29) is 11.9 Å². The summed E-state index contributed by atoms with van der Waals surface area (Å²) in [7, 11) is 0. The summed E-state index contributed by atoms with van der Waals surface area (Å²) in [5.74, 6) is 0.525. The first-order chi connectivity index (χ1) is 13.2. The van der Waals surface area contributed by atoms with Gasteiger partial charge in [0, 0.05) is 18.7 Å². The maximum absolute atomic E-state index is 13.3. The molecule has 0 aliphatic carbocycles. The Labute approximate surface area is 161 Å². The molecule has 2 N–H and O–H groups in total. The number of amides is 1. The van der Waals surface area contributed by atoms with Crippen LogP contribution in [0.25, 0.3) is 0 Å². The molecule has 0 saturated carbocycles. The van der Waals surface area contributed by atoms with Gasteiger partial charge in [-0.1, -0.05) is 42.5 Å². The van der Waals surface area contributed by atoms with Crippen molar-refractivity contribution in [2.75, 3.05) is 44.2 Å². The van der Waals surface area contributed by atoms with Crippen LogP contribution in [-0.4, -0.2) is 55.2 Å². The van der Waals surface area contributed by atoms with Gasteiger partial charge in [-0.3, -0.25) is 4.79 Å². The summed E-state index contributed by atoms with van der Waals surface area (Å²) in [6.07, 6.45) is 0. The Morgan fingerprint density at radius 2 is 1.63 bits per heavy atom. The SMILES string of the molecule is CCN(CC)C(=O)[C@@H](c1ccccc1)[NH+]1CCN(c2ccccc2O)CC1. The van der Waals surface area contributed by atoms with Crippen molar-refractivity contribution in [1.82, 2.24) is 4.90 Å². The van der Waals surface area contributed by atoms with Gasteiger partial charge in [-0.05, 0) is 26.0 Å². The monoisotopic (exact) mass is 368 g/mol. The Morgan fingerprint density at radius 3 is 2.22 bits per heavy atom. The highest BCUT2D eigenvalue weighted by Gasteiger charge is 2.36. The van der Waals surface area contributed by atoms with Gasteiger partial charge >= 0.3 is 0 Å². The van der Waals surface area contributed by atoms with Crippen molar-refractivity contribution in [2.45, 2.75) is 19.9 Å². The molecule has 1 amide bonds. The summed E-state index contributed by atoms with van der Waals surface area (Å²) in [5, 5.41) is 10.1. The van der Waals surface area contributed by atoms with E-state index in [9.17, 15) is 9.90 Å². The normalized spacial score (nSPS) is 16.1. The highest BCUT2D eigenvalue weighted by atomic mass is 16.3. The summed E-state index contributed by atoms with van der Waals surface area (Å²) in [6, 6.07) is 17.4. The molecule has 0 spiro atoms. The Kier molecular flexibility index (Phi) is 6.35. The number of phenolic OH excluding ortho intramolecular Hbond substituents is 1. The number of carbonyl (C=O) groups is 1. The molecule has 3 rings (SSSR count). The van der Waals surface area contributed by atoms with Gasteiger partial charge in [0.15, 0.2) is 6.04 Å². The fraction of sp³-hybridized carbons (Fsp3) is 0.409. The van der Waals surface area contributed by atoms with Crippen molar-refractivity contribution in [1.29, 1.82) is 0 Å². The van der Waals surface area contributed by atoms with E-state index in [0.29, 0.717) is 5.75 Å². The average molecular weight is 369 g/mol. The molecule has 0 unspecified atom stereocenters. The molecule has 1 aliphatic rings. The predicted octanol–water partition coefficient (Wildman–Crippen LogP) is 1.71. The molecule has 0 bridgehead atoms. The molecule has 0 radical (unpaired) electrons. The summed E-state index contributed by atoms with van der Waals surface area (Å²) < 4.78 is 0. The van der Waals surface area contributed by atoms with Gasteiger partial charge in [0.05, 0.1) is 31.9 Å². The molecule has 0 aromatic heterocycles. The Morgan fingerprint density at radius 1 is 1.04 bits per heavy atom. The number of benzene rings is 2. The zero-order valence-corrected chi connectivity index (χ0v) is 16.3. The highest BCUT2D eigenvalue weighted by molar-refractivity contribution is 5.82. The lowest BCUT2D eigenvalue weighted by molar-refractivity contribution is -0.922. The van der Waals surface area contributed by atoms with Crippen LogP contribution in [-0.2, 0) is 4.79 Å². The second-order valence-electron chi connectivity index (χ2n) is 6.99.